The van der Waals surface area contributed by atoms with Gasteiger partial charge in [0.2, 0.25) is 5.91 Å². The van der Waals surface area contributed by atoms with E-state index < -0.39 is 5.97 Å². The highest BCUT2D eigenvalue weighted by atomic mass is 16.5. The van der Waals surface area contributed by atoms with Crippen molar-refractivity contribution in [3.63, 3.8) is 0 Å². The van der Waals surface area contributed by atoms with Crippen molar-refractivity contribution in [3.05, 3.63) is 35.9 Å². The van der Waals surface area contributed by atoms with Gasteiger partial charge in [-0.3, -0.25) is 9.59 Å². The fourth-order valence-electron chi connectivity index (χ4n) is 2.85. The summed E-state index contributed by atoms with van der Waals surface area (Å²) in [7, 11) is 1.58. The zero-order valence-corrected chi connectivity index (χ0v) is 14.0. The van der Waals surface area contributed by atoms with Crippen LogP contribution in [0.4, 0.5) is 0 Å². The second-order valence-electron chi connectivity index (χ2n) is 5.73. The zero-order valence-electron chi connectivity index (χ0n) is 14.0. The number of carbonyl (C=O) groups excluding carboxylic acids is 1. The van der Waals surface area contributed by atoms with Crippen molar-refractivity contribution in [1.82, 2.24) is 4.90 Å². The number of hydrogen-bond donors (Lipinski definition) is 1. The number of para-hydroxylation sites is 1. The summed E-state index contributed by atoms with van der Waals surface area (Å²) in [6, 6.07) is 7.31. The number of carbonyl (C=O) groups is 2. The van der Waals surface area contributed by atoms with E-state index >= 15 is 0 Å². The summed E-state index contributed by atoms with van der Waals surface area (Å²) in [6.07, 6.45) is 2.79. The molecule has 0 radical (unpaired) electrons. The Morgan fingerprint density at radius 3 is 2.62 bits per heavy atom. The number of carboxylic acid groups (broad SMARTS) is 1. The number of rotatable bonds is 6. The first-order valence-electron chi connectivity index (χ1n) is 7.94. The number of benzene rings is 1. The van der Waals surface area contributed by atoms with Crippen molar-refractivity contribution in [1.29, 1.82) is 0 Å². The third-order valence-electron chi connectivity index (χ3n) is 4.09. The predicted octanol–water partition coefficient (Wildman–Crippen LogP) is 2.19. The van der Waals surface area contributed by atoms with E-state index in [4.69, 9.17) is 14.6 Å². The molecule has 0 bridgehead atoms. The molecule has 6 heteroatoms. The summed E-state index contributed by atoms with van der Waals surface area (Å²) < 4.78 is 10.6. The van der Waals surface area contributed by atoms with Crippen molar-refractivity contribution in [2.45, 2.75) is 25.8 Å². The number of allylic oxidation sites excluding steroid dienone is 1. The Morgan fingerprint density at radius 1 is 1.33 bits per heavy atom. The van der Waals surface area contributed by atoms with Crippen LogP contribution in [-0.2, 0) is 14.3 Å². The first-order valence-corrected chi connectivity index (χ1v) is 7.94. The van der Waals surface area contributed by atoms with Gasteiger partial charge in [-0.1, -0.05) is 18.2 Å². The van der Waals surface area contributed by atoms with Crippen LogP contribution in [0.2, 0.25) is 0 Å². The number of amides is 1. The van der Waals surface area contributed by atoms with Gasteiger partial charge in [-0.25, -0.2) is 0 Å². The number of ether oxygens (including phenoxy) is 2. The molecule has 2 rings (SSSR count). The summed E-state index contributed by atoms with van der Waals surface area (Å²) >= 11 is 0. The lowest BCUT2D eigenvalue weighted by Crippen LogP contribution is -2.45. The lowest BCUT2D eigenvalue weighted by Gasteiger charge is -2.32. The normalized spacial score (nSPS) is 15.8. The Bertz CT molecular complexity index is 620. The van der Waals surface area contributed by atoms with Crippen LogP contribution in [0.15, 0.2) is 30.3 Å². The predicted molar refractivity (Wildman–Crippen MR) is 89.8 cm³/mol. The van der Waals surface area contributed by atoms with E-state index in [0.29, 0.717) is 31.8 Å². The van der Waals surface area contributed by atoms with Crippen molar-refractivity contribution < 1.29 is 24.2 Å². The maximum atomic E-state index is 12.7. The smallest absolute Gasteiger partial charge is 0.323 e. The van der Waals surface area contributed by atoms with Crippen molar-refractivity contribution in [2.24, 2.45) is 0 Å². The van der Waals surface area contributed by atoms with Crippen molar-refractivity contribution >= 4 is 17.4 Å². The molecule has 1 saturated heterocycles. The van der Waals surface area contributed by atoms with Crippen LogP contribution in [0.5, 0.6) is 5.75 Å². The van der Waals surface area contributed by atoms with Gasteiger partial charge in [0.15, 0.2) is 0 Å². The fourth-order valence-corrected chi connectivity index (χ4v) is 2.85. The maximum absolute atomic E-state index is 12.7. The van der Waals surface area contributed by atoms with Crippen molar-refractivity contribution in [3.8, 4) is 5.75 Å². The van der Waals surface area contributed by atoms with E-state index in [9.17, 15) is 9.59 Å². The summed E-state index contributed by atoms with van der Waals surface area (Å²) in [6.45, 7) is 2.60. The molecule has 0 atom stereocenters. The van der Waals surface area contributed by atoms with Gasteiger partial charge >= 0.3 is 5.97 Å². The molecule has 24 heavy (non-hydrogen) atoms. The molecule has 130 valence electrons. The number of carboxylic acids is 1. The Balaban J connectivity index is 2.23. The lowest BCUT2D eigenvalue weighted by atomic mass is 10.0. The van der Waals surface area contributed by atoms with E-state index in [0.717, 1.165) is 11.1 Å². The van der Waals surface area contributed by atoms with Gasteiger partial charge in [0.25, 0.3) is 0 Å². The molecule has 1 N–H and O–H groups in total. The highest BCUT2D eigenvalue weighted by Crippen LogP contribution is 2.25. The van der Waals surface area contributed by atoms with Gasteiger partial charge in [0.05, 0.1) is 7.11 Å². The van der Waals surface area contributed by atoms with E-state index in [1.165, 1.54) is 11.0 Å². The first-order chi connectivity index (χ1) is 11.5. The third kappa shape index (κ3) is 4.58. The van der Waals surface area contributed by atoms with Gasteiger partial charge in [-0.05, 0) is 31.4 Å². The number of methoxy groups -OCH3 is 1. The van der Waals surface area contributed by atoms with Gasteiger partial charge in [0.1, 0.15) is 12.3 Å². The standard InChI is InChI=1S/C18H23NO5/c1-13(15-5-3-4-6-16(15)23-2)11-17(20)19(12-18(21)22)14-7-9-24-10-8-14/h3-6,11,14H,7-10,12H2,1-2H3,(H,21,22)/b13-11+. The van der Waals surface area contributed by atoms with E-state index in [-0.39, 0.29) is 18.5 Å². The molecular formula is C18H23NO5. The lowest BCUT2D eigenvalue weighted by molar-refractivity contribution is -0.145. The van der Waals surface area contributed by atoms with Crippen LogP contribution in [0, 0.1) is 0 Å². The van der Waals surface area contributed by atoms with Crippen LogP contribution < -0.4 is 4.74 Å². The Hall–Kier alpha value is -2.34. The molecular weight excluding hydrogens is 310 g/mol. The van der Waals surface area contributed by atoms with Crippen molar-refractivity contribution in [2.75, 3.05) is 26.9 Å². The maximum Gasteiger partial charge on any atom is 0.323 e. The molecule has 1 amide bonds. The molecule has 0 unspecified atom stereocenters. The highest BCUT2D eigenvalue weighted by Gasteiger charge is 2.26. The average molecular weight is 333 g/mol. The van der Waals surface area contributed by atoms with E-state index in [1.54, 1.807) is 7.11 Å². The van der Waals surface area contributed by atoms with Gasteiger partial charge < -0.3 is 19.5 Å². The minimum atomic E-state index is -1.02. The van der Waals surface area contributed by atoms with Gasteiger partial charge in [-0.15, -0.1) is 0 Å². The molecule has 0 aliphatic carbocycles. The minimum Gasteiger partial charge on any atom is -0.496 e. The summed E-state index contributed by atoms with van der Waals surface area (Å²) in [5.74, 6) is -0.638. The third-order valence-corrected chi connectivity index (χ3v) is 4.09. The van der Waals surface area contributed by atoms with Crippen LogP contribution in [0.25, 0.3) is 5.57 Å². The molecule has 1 fully saturated rings. The second-order valence-corrected chi connectivity index (χ2v) is 5.73. The number of aliphatic carboxylic acids is 1. The molecule has 6 nitrogen and oxygen atoms in total. The fraction of sp³-hybridized carbons (Fsp3) is 0.444. The molecule has 0 saturated carbocycles. The monoisotopic (exact) mass is 333 g/mol. The SMILES string of the molecule is COc1ccccc1/C(C)=C/C(=O)N(CC(=O)O)C1CCOCC1. The summed E-state index contributed by atoms with van der Waals surface area (Å²) in [5.41, 5.74) is 1.55. The summed E-state index contributed by atoms with van der Waals surface area (Å²) in [5, 5.41) is 9.13. The second kappa shape index (κ2) is 8.49. The largest absolute Gasteiger partial charge is 0.496 e. The molecule has 0 aromatic heterocycles. The van der Waals surface area contributed by atoms with Gasteiger partial charge in [-0.2, -0.15) is 0 Å². The highest BCUT2D eigenvalue weighted by molar-refractivity contribution is 5.97. The molecule has 1 heterocycles. The first kappa shape index (κ1) is 18.0. The number of hydrogen-bond acceptors (Lipinski definition) is 4. The molecule has 1 aromatic carbocycles. The van der Waals surface area contributed by atoms with Crippen LogP contribution >= 0.6 is 0 Å². The van der Waals surface area contributed by atoms with E-state index in [1.807, 2.05) is 31.2 Å². The van der Waals surface area contributed by atoms with Crippen LogP contribution in [0.3, 0.4) is 0 Å². The van der Waals surface area contributed by atoms with Gasteiger partial charge in [0, 0.05) is 30.9 Å². The van der Waals surface area contributed by atoms with E-state index in [2.05, 4.69) is 0 Å². The van der Waals surface area contributed by atoms with Crippen LogP contribution in [-0.4, -0.2) is 54.8 Å². The quantitative estimate of drug-likeness (QED) is 0.808. The number of nitrogens with zero attached hydrogens (tertiary/aromatic N) is 1. The Labute approximate surface area is 141 Å². The molecule has 1 aromatic rings. The minimum absolute atomic E-state index is 0.107. The molecule has 1 aliphatic rings. The van der Waals surface area contributed by atoms with Crippen LogP contribution in [0.1, 0.15) is 25.3 Å². The average Bonchev–Trinajstić information content (AvgIpc) is 2.60. The molecule has 0 spiro atoms. The summed E-state index contributed by atoms with van der Waals surface area (Å²) in [4.78, 5) is 25.2. The Morgan fingerprint density at radius 2 is 2.00 bits per heavy atom. The topological polar surface area (TPSA) is 76.1 Å². The Kier molecular flexibility index (Phi) is 6.37. The molecule has 1 aliphatic heterocycles. The zero-order chi connectivity index (χ0) is 17.5.